The zero-order valence-corrected chi connectivity index (χ0v) is 14.8. The molecule has 1 amide bonds. The van der Waals surface area contributed by atoms with Gasteiger partial charge in [0.25, 0.3) is 0 Å². The molecule has 132 valence electrons. The molecule has 0 saturated carbocycles. The number of nitrogens with one attached hydrogen (secondary N) is 1. The summed E-state index contributed by atoms with van der Waals surface area (Å²) in [6, 6.07) is 16.3. The number of carbonyl (C=O) groups is 1. The molecular formula is C21H26N2O2. The van der Waals surface area contributed by atoms with Crippen molar-refractivity contribution in [1.82, 2.24) is 5.32 Å². The Morgan fingerprint density at radius 1 is 1.12 bits per heavy atom. The first-order valence-electron chi connectivity index (χ1n) is 9.00. The van der Waals surface area contributed by atoms with Crippen LogP contribution >= 0.6 is 0 Å². The molecule has 4 nitrogen and oxygen atoms in total. The highest BCUT2D eigenvalue weighted by Gasteiger charge is 2.21. The topological polar surface area (TPSA) is 41.6 Å². The number of carbonyl (C=O) groups excluding carboxylic acids is 1. The summed E-state index contributed by atoms with van der Waals surface area (Å²) in [4.78, 5) is 14.5. The molecule has 1 heterocycles. The van der Waals surface area contributed by atoms with Crippen LogP contribution in [0.4, 0.5) is 5.69 Å². The van der Waals surface area contributed by atoms with Crippen LogP contribution < -0.4 is 15.0 Å². The summed E-state index contributed by atoms with van der Waals surface area (Å²) in [5.74, 6) is 1.13. The number of hydrogen-bond donors (Lipinski definition) is 1. The number of aryl methyl sites for hydroxylation is 1. The van der Waals surface area contributed by atoms with Crippen molar-refractivity contribution in [1.29, 1.82) is 0 Å². The second-order valence-corrected chi connectivity index (χ2v) is 6.34. The SMILES string of the molecule is COc1ccccc1CCNCCC(=O)N1CCCc2ccccc21. The standard InChI is InChI=1S/C21H26N2O2/c1-25-20-11-5-3-8-18(20)12-14-22-15-13-21(24)23-16-6-9-17-7-2-4-10-19(17)23/h2-5,7-8,10-11,22H,6,9,12-16H2,1H3. The van der Waals surface area contributed by atoms with Gasteiger partial charge in [-0.1, -0.05) is 36.4 Å². The lowest BCUT2D eigenvalue weighted by molar-refractivity contribution is -0.118. The van der Waals surface area contributed by atoms with Crippen molar-refractivity contribution >= 4 is 11.6 Å². The van der Waals surface area contributed by atoms with E-state index in [1.807, 2.05) is 35.2 Å². The third-order valence-electron chi connectivity index (χ3n) is 4.69. The van der Waals surface area contributed by atoms with Gasteiger partial charge in [0.1, 0.15) is 5.75 Å². The third kappa shape index (κ3) is 4.40. The fourth-order valence-electron chi connectivity index (χ4n) is 3.38. The van der Waals surface area contributed by atoms with Crippen LogP contribution in [0.1, 0.15) is 24.0 Å². The van der Waals surface area contributed by atoms with E-state index in [0.29, 0.717) is 13.0 Å². The molecule has 4 heteroatoms. The monoisotopic (exact) mass is 338 g/mol. The first-order valence-corrected chi connectivity index (χ1v) is 9.00. The number of para-hydroxylation sites is 2. The highest BCUT2D eigenvalue weighted by molar-refractivity contribution is 5.94. The van der Waals surface area contributed by atoms with Gasteiger partial charge in [0.15, 0.2) is 0 Å². The molecule has 1 N–H and O–H groups in total. The van der Waals surface area contributed by atoms with E-state index in [9.17, 15) is 4.79 Å². The van der Waals surface area contributed by atoms with Crippen molar-refractivity contribution < 1.29 is 9.53 Å². The van der Waals surface area contributed by atoms with Gasteiger partial charge in [-0.2, -0.15) is 0 Å². The minimum atomic E-state index is 0.206. The molecular weight excluding hydrogens is 312 g/mol. The molecule has 3 rings (SSSR count). The van der Waals surface area contributed by atoms with Gasteiger partial charge in [0.05, 0.1) is 7.11 Å². The molecule has 0 fully saturated rings. The Morgan fingerprint density at radius 3 is 2.80 bits per heavy atom. The lowest BCUT2D eigenvalue weighted by atomic mass is 10.0. The van der Waals surface area contributed by atoms with Crippen molar-refractivity contribution in [2.24, 2.45) is 0 Å². The molecule has 1 aliphatic rings. The van der Waals surface area contributed by atoms with Crippen LogP contribution in [0.5, 0.6) is 5.75 Å². The predicted molar refractivity (Wildman–Crippen MR) is 101 cm³/mol. The van der Waals surface area contributed by atoms with E-state index in [1.165, 1.54) is 11.1 Å². The van der Waals surface area contributed by atoms with E-state index in [0.717, 1.165) is 43.8 Å². The van der Waals surface area contributed by atoms with E-state index in [2.05, 4.69) is 23.5 Å². The zero-order chi connectivity index (χ0) is 17.5. The minimum absolute atomic E-state index is 0.206. The zero-order valence-electron chi connectivity index (χ0n) is 14.8. The average Bonchev–Trinajstić information content (AvgIpc) is 2.67. The summed E-state index contributed by atoms with van der Waals surface area (Å²) >= 11 is 0. The number of nitrogens with zero attached hydrogens (tertiary/aromatic N) is 1. The smallest absolute Gasteiger partial charge is 0.228 e. The van der Waals surface area contributed by atoms with Crippen molar-refractivity contribution in [3.8, 4) is 5.75 Å². The summed E-state index contributed by atoms with van der Waals surface area (Å²) in [6.07, 6.45) is 3.53. The predicted octanol–water partition coefficient (Wildman–Crippen LogP) is 3.20. The molecule has 0 saturated heterocycles. The Bertz CT molecular complexity index is 715. The number of ether oxygens (including phenoxy) is 1. The van der Waals surface area contributed by atoms with Gasteiger partial charge in [-0.05, 0) is 49.1 Å². The number of benzene rings is 2. The molecule has 2 aromatic carbocycles. The molecule has 0 unspecified atom stereocenters. The molecule has 2 aromatic rings. The highest BCUT2D eigenvalue weighted by Crippen LogP contribution is 2.27. The summed E-state index contributed by atoms with van der Waals surface area (Å²) in [6.45, 7) is 2.37. The van der Waals surface area contributed by atoms with Crippen molar-refractivity contribution in [3.05, 3.63) is 59.7 Å². The molecule has 0 spiro atoms. The molecule has 0 aliphatic carbocycles. The van der Waals surface area contributed by atoms with Crippen LogP contribution in [0.2, 0.25) is 0 Å². The number of amides is 1. The molecule has 1 aliphatic heterocycles. The second kappa shape index (κ2) is 8.67. The molecule has 0 aromatic heterocycles. The van der Waals surface area contributed by atoms with Crippen LogP contribution in [0.3, 0.4) is 0 Å². The maximum Gasteiger partial charge on any atom is 0.228 e. The van der Waals surface area contributed by atoms with Gasteiger partial charge in [0.2, 0.25) is 5.91 Å². The highest BCUT2D eigenvalue weighted by atomic mass is 16.5. The Morgan fingerprint density at radius 2 is 1.92 bits per heavy atom. The largest absolute Gasteiger partial charge is 0.496 e. The van der Waals surface area contributed by atoms with Gasteiger partial charge in [-0.3, -0.25) is 4.79 Å². The van der Waals surface area contributed by atoms with Crippen LogP contribution in [0, 0.1) is 0 Å². The summed E-state index contributed by atoms with van der Waals surface area (Å²) < 4.78 is 5.36. The average molecular weight is 338 g/mol. The molecule has 0 atom stereocenters. The molecule has 0 bridgehead atoms. The summed E-state index contributed by atoms with van der Waals surface area (Å²) in [5, 5.41) is 3.38. The van der Waals surface area contributed by atoms with Crippen molar-refractivity contribution in [3.63, 3.8) is 0 Å². The first-order chi connectivity index (χ1) is 12.3. The second-order valence-electron chi connectivity index (χ2n) is 6.34. The lowest BCUT2D eigenvalue weighted by Gasteiger charge is -2.29. The first kappa shape index (κ1) is 17.5. The van der Waals surface area contributed by atoms with Gasteiger partial charge >= 0.3 is 0 Å². The Hall–Kier alpha value is -2.33. The van der Waals surface area contributed by atoms with Crippen molar-refractivity contribution in [2.45, 2.75) is 25.7 Å². The number of hydrogen-bond acceptors (Lipinski definition) is 3. The maximum absolute atomic E-state index is 12.6. The molecule has 0 radical (unpaired) electrons. The number of methoxy groups -OCH3 is 1. The summed E-state index contributed by atoms with van der Waals surface area (Å²) in [5.41, 5.74) is 3.56. The van der Waals surface area contributed by atoms with Gasteiger partial charge < -0.3 is 15.0 Å². The van der Waals surface area contributed by atoms with E-state index in [4.69, 9.17) is 4.74 Å². The van der Waals surface area contributed by atoms with Crippen LogP contribution in [-0.2, 0) is 17.6 Å². The van der Waals surface area contributed by atoms with E-state index >= 15 is 0 Å². The number of anilines is 1. The fourth-order valence-corrected chi connectivity index (χ4v) is 3.38. The Kier molecular flexibility index (Phi) is 6.07. The van der Waals surface area contributed by atoms with E-state index in [1.54, 1.807) is 7.11 Å². The van der Waals surface area contributed by atoms with E-state index < -0.39 is 0 Å². The van der Waals surface area contributed by atoms with Crippen molar-refractivity contribution in [2.75, 3.05) is 31.6 Å². The fraction of sp³-hybridized carbons (Fsp3) is 0.381. The Balaban J connectivity index is 1.45. The third-order valence-corrected chi connectivity index (χ3v) is 4.69. The minimum Gasteiger partial charge on any atom is -0.496 e. The number of fused-ring (bicyclic) bond motifs is 1. The van der Waals surface area contributed by atoms with Crippen LogP contribution in [0.15, 0.2) is 48.5 Å². The maximum atomic E-state index is 12.6. The van der Waals surface area contributed by atoms with Gasteiger partial charge in [-0.25, -0.2) is 0 Å². The quantitative estimate of drug-likeness (QED) is 0.788. The van der Waals surface area contributed by atoms with E-state index in [-0.39, 0.29) is 5.91 Å². The lowest BCUT2D eigenvalue weighted by Crippen LogP contribution is -2.37. The Labute approximate surface area is 149 Å². The number of rotatable bonds is 7. The van der Waals surface area contributed by atoms with Crippen LogP contribution in [0.25, 0.3) is 0 Å². The normalized spacial score (nSPS) is 13.4. The van der Waals surface area contributed by atoms with Crippen LogP contribution in [-0.4, -0.2) is 32.7 Å². The molecule has 25 heavy (non-hydrogen) atoms. The van der Waals surface area contributed by atoms with Gasteiger partial charge in [0, 0.05) is 25.2 Å². The van der Waals surface area contributed by atoms with Gasteiger partial charge in [-0.15, -0.1) is 0 Å². The summed E-state index contributed by atoms with van der Waals surface area (Å²) in [7, 11) is 1.70.